The summed E-state index contributed by atoms with van der Waals surface area (Å²) in [7, 11) is 1.70. The molecule has 0 atom stereocenters. The van der Waals surface area contributed by atoms with Gasteiger partial charge in [0.15, 0.2) is 0 Å². The van der Waals surface area contributed by atoms with E-state index < -0.39 is 0 Å². The molecule has 0 bridgehead atoms. The van der Waals surface area contributed by atoms with Crippen molar-refractivity contribution in [1.29, 1.82) is 0 Å². The average Bonchev–Trinajstić information content (AvgIpc) is 2.18. The predicted molar refractivity (Wildman–Crippen MR) is 75.9 cm³/mol. The van der Waals surface area contributed by atoms with Gasteiger partial charge in [-0.1, -0.05) is 11.6 Å². The van der Waals surface area contributed by atoms with E-state index in [0.29, 0.717) is 19.0 Å². The van der Waals surface area contributed by atoms with Crippen LogP contribution in [0.5, 0.6) is 0 Å². The highest BCUT2D eigenvalue weighted by Gasteiger charge is 2.39. The van der Waals surface area contributed by atoms with Crippen LogP contribution >= 0.6 is 11.6 Å². The second-order valence-electron chi connectivity index (χ2n) is 6.25. The van der Waals surface area contributed by atoms with Gasteiger partial charge in [0, 0.05) is 26.2 Å². The molecule has 1 aromatic rings. The zero-order valence-corrected chi connectivity index (χ0v) is 12.8. The molecule has 1 aliphatic rings. The Balaban J connectivity index is 2.44. The fourth-order valence-corrected chi connectivity index (χ4v) is 2.88. The summed E-state index contributed by atoms with van der Waals surface area (Å²) in [6, 6.07) is 1.32. The third-order valence-electron chi connectivity index (χ3n) is 3.06. The van der Waals surface area contributed by atoms with Crippen molar-refractivity contribution in [2.45, 2.75) is 38.9 Å². The maximum Gasteiger partial charge on any atom is 0.256 e. The molecule has 1 saturated heterocycles. The topological polar surface area (TPSA) is 47.4 Å². The molecular formula is C13H20ClN3O2. The average molecular weight is 286 g/mol. The molecule has 106 valence electrons. The Bertz CT molecular complexity index is 535. The molecule has 0 radical (unpaired) electrons. The number of nitrogens with zero attached hydrogens (tertiary/aromatic N) is 3. The highest BCUT2D eigenvalue weighted by molar-refractivity contribution is 6.29. The molecule has 0 aromatic carbocycles. The van der Waals surface area contributed by atoms with Crippen LogP contribution in [0.3, 0.4) is 0 Å². The first-order valence-corrected chi connectivity index (χ1v) is 6.66. The van der Waals surface area contributed by atoms with Crippen LogP contribution in [0.2, 0.25) is 5.15 Å². The summed E-state index contributed by atoms with van der Waals surface area (Å²) in [5.74, 6) is 0.585. The van der Waals surface area contributed by atoms with Crippen molar-refractivity contribution < 1.29 is 4.74 Å². The highest BCUT2D eigenvalue weighted by atomic mass is 35.5. The molecule has 0 unspecified atom stereocenters. The van der Waals surface area contributed by atoms with Gasteiger partial charge in [-0.2, -0.15) is 0 Å². The number of aromatic nitrogens is 2. The quantitative estimate of drug-likeness (QED) is 0.739. The van der Waals surface area contributed by atoms with Crippen LogP contribution in [0.25, 0.3) is 0 Å². The molecule has 0 amide bonds. The molecule has 19 heavy (non-hydrogen) atoms. The van der Waals surface area contributed by atoms with Gasteiger partial charge in [0.05, 0.1) is 11.2 Å². The van der Waals surface area contributed by atoms with Gasteiger partial charge in [0.25, 0.3) is 5.56 Å². The van der Waals surface area contributed by atoms with E-state index in [-0.39, 0.29) is 21.9 Å². The second-order valence-corrected chi connectivity index (χ2v) is 6.64. The number of anilines is 1. The minimum absolute atomic E-state index is 0.155. The molecule has 0 saturated carbocycles. The first-order chi connectivity index (χ1) is 8.60. The lowest BCUT2D eigenvalue weighted by molar-refractivity contribution is -0.133. The molecule has 2 rings (SSSR count). The Kier molecular flexibility index (Phi) is 3.39. The smallest absolute Gasteiger partial charge is 0.256 e. The van der Waals surface area contributed by atoms with Crippen molar-refractivity contribution in [1.82, 2.24) is 9.55 Å². The van der Waals surface area contributed by atoms with Crippen molar-refractivity contribution in [2.24, 2.45) is 7.05 Å². The molecule has 0 spiro atoms. The standard InChI is InChI=1S/C13H20ClN3O2/c1-12(2)7-17(8-13(3,4)19-12)11-15-9(14)6-10(18)16(11)5/h6H,7-8H2,1-5H3. The molecule has 6 heteroatoms. The van der Waals surface area contributed by atoms with Crippen LogP contribution < -0.4 is 10.5 Å². The molecule has 1 fully saturated rings. The van der Waals surface area contributed by atoms with Gasteiger partial charge in [-0.3, -0.25) is 9.36 Å². The minimum atomic E-state index is -0.304. The van der Waals surface area contributed by atoms with E-state index in [2.05, 4.69) is 9.88 Å². The lowest BCUT2D eigenvalue weighted by Crippen LogP contribution is -2.58. The Hall–Kier alpha value is -1.07. The van der Waals surface area contributed by atoms with Crippen LogP contribution in [0.1, 0.15) is 27.7 Å². The summed E-state index contributed by atoms with van der Waals surface area (Å²) >= 11 is 5.90. The number of hydrogen-bond donors (Lipinski definition) is 0. The molecule has 1 aliphatic heterocycles. The van der Waals surface area contributed by atoms with Gasteiger partial charge in [-0.25, -0.2) is 4.98 Å². The third-order valence-corrected chi connectivity index (χ3v) is 3.25. The van der Waals surface area contributed by atoms with Crippen LogP contribution in [0.4, 0.5) is 5.95 Å². The SMILES string of the molecule is Cn1c(N2CC(C)(C)OC(C)(C)C2)nc(Cl)cc1=O. The van der Waals surface area contributed by atoms with Crippen LogP contribution in [0, 0.1) is 0 Å². The van der Waals surface area contributed by atoms with Crippen LogP contribution in [0.15, 0.2) is 10.9 Å². The summed E-state index contributed by atoms with van der Waals surface area (Å²) < 4.78 is 7.54. The number of halogens is 1. The molecule has 5 nitrogen and oxygen atoms in total. The number of morpholine rings is 1. The summed E-state index contributed by atoms with van der Waals surface area (Å²) in [5, 5.41) is 0.222. The number of ether oxygens (including phenoxy) is 1. The third kappa shape index (κ3) is 3.09. The van der Waals surface area contributed by atoms with E-state index in [0.717, 1.165) is 0 Å². The van der Waals surface area contributed by atoms with Gasteiger partial charge >= 0.3 is 0 Å². The summed E-state index contributed by atoms with van der Waals surface area (Å²) in [6.45, 7) is 9.45. The van der Waals surface area contributed by atoms with E-state index in [1.165, 1.54) is 10.6 Å². The van der Waals surface area contributed by atoms with Crippen molar-refractivity contribution >= 4 is 17.5 Å². The maximum atomic E-state index is 11.8. The Morgan fingerprint density at radius 1 is 1.26 bits per heavy atom. The van der Waals surface area contributed by atoms with E-state index in [1.54, 1.807) is 7.05 Å². The van der Waals surface area contributed by atoms with Gasteiger partial charge in [0.2, 0.25) is 5.95 Å². The number of hydrogen-bond acceptors (Lipinski definition) is 4. The van der Waals surface area contributed by atoms with Crippen molar-refractivity contribution in [3.05, 3.63) is 21.6 Å². The monoisotopic (exact) mass is 285 g/mol. The van der Waals surface area contributed by atoms with Crippen LogP contribution in [-0.4, -0.2) is 33.8 Å². The van der Waals surface area contributed by atoms with E-state index in [1.807, 2.05) is 27.7 Å². The molecule has 0 aliphatic carbocycles. The normalized spacial score (nSPS) is 21.5. The van der Waals surface area contributed by atoms with Crippen molar-refractivity contribution in [3.8, 4) is 0 Å². The molecule has 2 heterocycles. The summed E-state index contributed by atoms with van der Waals surface area (Å²) in [6.07, 6.45) is 0. The van der Waals surface area contributed by atoms with E-state index in [9.17, 15) is 4.79 Å². The molecular weight excluding hydrogens is 266 g/mol. The first kappa shape index (κ1) is 14.3. The lowest BCUT2D eigenvalue weighted by Gasteiger charge is -2.47. The zero-order valence-electron chi connectivity index (χ0n) is 12.0. The Morgan fingerprint density at radius 3 is 2.32 bits per heavy atom. The largest absolute Gasteiger partial charge is 0.366 e. The summed E-state index contributed by atoms with van der Waals surface area (Å²) in [4.78, 5) is 18.1. The fraction of sp³-hybridized carbons (Fsp3) is 0.692. The van der Waals surface area contributed by atoms with E-state index in [4.69, 9.17) is 16.3 Å². The lowest BCUT2D eigenvalue weighted by atomic mass is 9.99. The van der Waals surface area contributed by atoms with Gasteiger partial charge in [0.1, 0.15) is 5.15 Å². The zero-order chi connectivity index (χ0) is 14.4. The molecule has 1 aromatic heterocycles. The van der Waals surface area contributed by atoms with Gasteiger partial charge in [-0.05, 0) is 27.7 Å². The predicted octanol–water partition coefficient (Wildman–Crippen LogP) is 1.83. The Morgan fingerprint density at radius 2 is 1.79 bits per heavy atom. The first-order valence-electron chi connectivity index (χ1n) is 6.28. The second kappa shape index (κ2) is 4.49. The number of rotatable bonds is 1. The highest BCUT2D eigenvalue weighted by Crippen LogP contribution is 2.30. The minimum Gasteiger partial charge on any atom is -0.366 e. The maximum absolute atomic E-state index is 11.8. The van der Waals surface area contributed by atoms with Gasteiger partial charge < -0.3 is 9.64 Å². The van der Waals surface area contributed by atoms with Crippen LogP contribution in [-0.2, 0) is 11.8 Å². The van der Waals surface area contributed by atoms with Crippen molar-refractivity contribution in [2.75, 3.05) is 18.0 Å². The van der Waals surface area contributed by atoms with Gasteiger partial charge in [-0.15, -0.1) is 0 Å². The fourth-order valence-electron chi connectivity index (χ4n) is 2.71. The van der Waals surface area contributed by atoms with E-state index >= 15 is 0 Å². The molecule has 0 N–H and O–H groups in total. The Labute approximate surface area is 118 Å². The summed E-state index contributed by atoms with van der Waals surface area (Å²) in [5.41, 5.74) is -0.763. The van der Waals surface area contributed by atoms with Crippen molar-refractivity contribution in [3.63, 3.8) is 0 Å².